The maximum absolute atomic E-state index is 12.6. The highest BCUT2D eigenvalue weighted by molar-refractivity contribution is 5.92. The van der Waals surface area contributed by atoms with Crippen LogP contribution in [0.5, 0.6) is 0 Å². The average Bonchev–Trinajstić information content (AvgIpc) is 3.24. The molecule has 1 amide bonds. The highest BCUT2D eigenvalue weighted by Gasteiger charge is 2.24. The van der Waals surface area contributed by atoms with E-state index in [4.69, 9.17) is 8.83 Å². The average molecular weight is 293 g/mol. The van der Waals surface area contributed by atoms with Crippen LogP contribution in [0.2, 0.25) is 0 Å². The maximum atomic E-state index is 12.6. The molecule has 0 bridgehead atoms. The van der Waals surface area contributed by atoms with Gasteiger partial charge in [0.15, 0.2) is 17.3 Å². The minimum absolute atomic E-state index is 0.0766. The summed E-state index contributed by atoms with van der Waals surface area (Å²) >= 11 is 0. The van der Waals surface area contributed by atoms with Gasteiger partial charge in [-0.1, -0.05) is 24.3 Å². The quantitative estimate of drug-likeness (QED) is 0.723. The molecule has 1 aliphatic rings. The van der Waals surface area contributed by atoms with Crippen molar-refractivity contribution in [1.82, 2.24) is 4.90 Å². The number of benzene rings is 1. The van der Waals surface area contributed by atoms with Crippen LogP contribution in [-0.4, -0.2) is 17.4 Å². The van der Waals surface area contributed by atoms with Crippen LogP contribution in [0.1, 0.15) is 21.7 Å². The summed E-state index contributed by atoms with van der Waals surface area (Å²) in [5.74, 6) is 1.48. The monoisotopic (exact) mass is 293 g/mol. The van der Waals surface area contributed by atoms with E-state index >= 15 is 0 Å². The molecular weight excluding hydrogens is 278 g/mol. The highest BCUT2D eigenvalue weighted by Crippen LogP contribution is 2.25. The summed E-state index contributed by atoms with van der Waals surface area (Å²) in [5, 5.41) is 0. The van der Waals surface area contributed by atoms with E-state index in [9.17, 15) is 4.79 Å². The zero-order valence-corrected chi connectivity index (χ0v) is 12.0. The fourth-order valence-electron chi connectivity index (χ4n) is 2.83. The first-order valence-corrected chi connectivity index (χ1v) is 7.31. The number of nitrogens with zero attached hydrogens (tertiary/aromatic N) is 1. The summed E-state index contributed by atoms with van der Waals surface area (Å²) in [6, 6.07) is 15.3. The van der Waals surface area contributed by atoms with Gasteiger partial charge in [0.05, 0.1) is 6.26 Å². The summed E-state index contributed by atoms with van der Waals surface area (Å²) in [7, 11) is 0. The van der Waals surface area contributed by atoms with Gasteiger partial charge in [0.1, 0.15) is 0 Å². The summed E-state index contributed by atoms with van der Waals surface area (Å²) in [6.07, 6.45) is 2.47. The van der Waals surface area contributed by atoms with E-state index in [1.54, 1.807) is 24.5 Å². The molecule has 1 aromatic carbocycles. The summed E-state index contributed by atoms with van der Waals surface area (Å²) in [5.41, 5.74) is 2.53. The molecule has 0 radical (unpaired) electrons. The van der Waals surface area contributed by atoms with Crippen LogP contribution in [0.15, 0.2) is 63.6 Å². The van der Waals surface area contributed by atoms with Crippen LogP contribution in [-0.2, 0) is 13.0 Å². The molecule has 110 valence electrons. The number of hydrogen-bond donors (Lipinski definition) is 0. The van der Waals surface area contributed by atoms with Gasteiger partial charge in [-0.05, 0) is 41.8 Å². The van der Waals surface area contributed by atoms with Crippen molar-refractivity contribution < 1.29 is 13.6 Å². The lowest BCUT2D eigenvalue weighted by atomic mass is 10.00. The second kappa shape index (κ2) is 5.22. The molecule has 0 saturated carbocycles. The van der Waals surface area contributed by atoms with Crippen molar-refractivity contribution in [3.05, 3.63) is 71.7 Å². The Hall–Kier alpha value is -2.75. The highest BCUT2D eigenvalue weighted by atomic mass is 16.4. The van der Waals surface area contributed by atoms with Crippen molar-refractivity contribution >= 4 is 5.91 Å². The lowest BCUT2D eigenvalue weighted by Crippen LogP contribution is -2.35. The number of carbonyl (C=O) groups excluding carboxylic acids is 1. The van der Waals surface area contributed by atoms with E-state index < -0.39 is 0 Å². The van der Waals surface area contributed by atoms with Crippen molar-refractivity contribution in [1.29, 1.82) is 0 Å². The number of amides is 1. The van der Waals surface area contributed by atoms with Crippen LogP contribution >= 0.6 is 0 Å². The largest absolute Gasteiger partial charge is 0.461 e. The molecule has 3 heterocycles. The van der Waals surface area contributed by atoms with Crippen LogP contribution in [0.3, 0.4) is 0 Å². The summed E-state index contributed by atoms with van der Waals surface area (Å²) in [4.78, 5) is 14.4. The molecule has 0 aliphatic carbocycles. The Labute approximate surface area is 128 Å². The Morgan fingerprint density at radius 3 is 2.64 bits per heavy atom. The third kappa shape index (κ3) is 2.22. The standard InChI is InChI=1S/C18H15NO3/c20-18(17-8-7-16(22-17)15-6-3-11-21-15)19-10-9-13-4-1-2-5-14(13)12-19/h1-8,11H,9-10,12H2. The normalized spacial score (nSPS) is 13.9. The molecule has 4 heteroatoms. The van der Waals surface area contributed by atoms with Gasteiger partial charge in [-0.25, -0.2) is 0 Å². The van der Waals surface area contributed by atoms with Crippen LogP contribution < -0.4 is 0 Å². The van der Waals surface area contributed by atoms with Crippen LogP contribution in [0.25, 0.3) is 11.5 Å². The molecule has 0 unspecified atom stereocenters. The minimum atomic E-state index is -0.0766. The first kappa shape index (κ1) is 13.0. The van der Waals surface area contributed by atoms with Gasteiger partial charge in [0.2, 0.25) is 0 Å². The molecule has 0 fully saturated rings. The van der Waals surface area contributed by atoms with Crippen molar-refractivity contribution in [2.75, 3.05) is 6.54 Å². The van der Waals surface area contributed by atoms with Gasteiger partial charge < -0.3 is 13.7 Å². The third-order valence-electron chi connectivity index (χ3n) is 4.00. The molecule has 22 heavy (non-hydrogen) atoms. The van der Waals surface area contributed by atoms with Gasteiger partial charge in [0, 0.05) is 13.1 Å². The van der Waals surface area contributed by atoms with E-state index in [0.29, 0.717) is 30.4 Å². The molecule has 4 rings (SSSR count). The van der Waals surface area contributed by atoms with Crippen LogP contribution in [0.4, 0.5) is 0 Å². The lowest BCUT2D eigenvalue weighted by molar-refractivity contribution is 0.0703. The molecule has 0 saturated heterocycles. The summed E-state index contributed by atoms with van der Waals surface area (Å²) < 4.78 is 10.9. The maximum Gasteiger partial charge on any atom is 0.289 e. The van der Waals surface area contributed by atoms with E-state index in [0.717, 1.165) is 6.42 Å². The number of carbonyl (C=O) groups is 1. The second-order valence-corrected chi connectivity index (χ2v) is 5.39. The molecule has 3 aromatic rings. The Bertz CT molecular complexity index is 801. The van der Waals surface area contributed by atoms with E-state index in [-0.39, 0.29) is 5.91 Å². The smallest absolute Gasteiger partial charge is 0.289 e. The number of furan rings is 2. The number of fused-ring (bicyclic) bond motifs is 1. The topological polar surface area (TPSA) is 46.6 Å². The van der Waals surface area contributed by atoms with Crippen molar-refractivity contribution in [3.8, 4) is 11.5 Å². The van der Waals surface area contributed by atoms with Crippen molar-refractivity contribution in [3.63, 3.8) is 0 Å². The molecule has 2 aromatic heterocycles. The van der Waals surface area contributed by atoms with Gasteiger partial charge in [0.25, 0.3) is 5.91 Å². The Morgan fingerprint density at radius 1 is 0.955 bits per heavy atom. The van der Waals surface area contributed by atoms with Crippen molar-refractivity contribution in [2.24, 2.45) is 0 Å². The van der Waals surface area contributed by atoms with E-state index in [1.165, 1.54) is 11.1 Å². The molecule has 0 spiro atoms. The predicted molar refractivity (Wildman–Crippen MR) is 81.3 cm³/mol. The molecule has 4 nitrogen and oxygen atoms in total. The van der Waals surface area contributed by atoms with Gasteiger partial charge in [-0.2, -0.15) is 0 Å². The molecular formula is C18H15NO3. The van der Waals surface area contributed by atoms with Crippen LogP contribution in [0, 0.1) is 0 Å². The van der Waals surface area contributed by atoms with Gasteiger partial charge in [-0.15, -0.1) is 0 Å². The predicted octanol–water partition coefficient (Wildman–Crippen LogP) is 3.74. The minimum Gasteiger partial charge on any atom is -0.461 e. The number of rotatable bonds is 2. The molecule has 0 atom stereocenters. The molecule has 1 aliphatic heterocycles. The van der Waals surface area contributed by atoms with Crippen molar-refractivity contribution in [2.45, 2.75) is 13.0 Å². The fraction of sp³-hybridized carbons (Fsp3) is 0.167. The number of hydrogen-bond acceptors (Lipinski definition) is 3. The Balaban J connectivity index is 1.56. The van der Waals surface area contributed by atoms with E-state index in [2.05, 4.69) is 12.1 Å². The Morgan fingerprint density at radius 2 is 1.82 bits per heavy atom. The molecule has 0 N–H and O–H groups in total. The summed E-state index contributed by atoms with van der Waals surface area (Å²) in [6.45, 7) is 1.35. The second-order valence-electron chi connectivity index (χ2n) is 5.39. The first-order valence-electron chi connectivity index (χ1n) is 7.31. The SMILES string of the molecule is O=C(c1ccc(-c2ccco2)o1)N1CCc2ccccc2C1. The zero-order valence-electron chi connectivity index (χ0n) is 12.0. The van der Waals surface area contributed by atoms with Gasteiger partial charge in [-0.3, -0.25) is 4.79 Å². The lowest BCUT2D eigenvalue weighted by Gasteiger charge is -2.28. The van der Waals surface area contributed by atoms with E-state index in [1.807, 2.05) is 23.1 Å². The Kier molecular flexibility index (Phi) is 3.07. The first-order chi connectivity index (χ1) is 10.8. The zero-order chi connectivity index (χ0) is 14.9. The third-order valence-corrected chi connectivity index (χ3v) is 4.00. The fourth-order valence-corrected chi connectivity index (χ4v) is 2.83. The van der Waals surface area contributed by atoms with Gasteiger partial charge >= 0.3 is 0 Å².